The number of benzene rings is 1. The molecule has 0 unspecified atom stereocenters. The van der Waals surface area contributed by atoms with Crippen LogP contribution in [-0.4, -0.2) is 31.7 Å². The van der Waals surface area contributed by atoms with E-state index in [9.17, 15) is 4.79 Å². The van der Waals surface area contributed by atoms with Gasteiger partial charge in [0.05, 0.1) is 5.41 Å². The molecule has 1 amide bonds. The maximum atomic E-state index is 12.8. The lowest BCUT2D eigenvalue weighted by Crippen LogP contribution is -2.51. The number of carbonyl (C=O) groups excluding carboxylic acids is 1. The molecule has 0 saturated carbocycles. The van der Waals surface area contributed by atoms with E-state index in [-0.39, 0.29) is 24.4 Å². The van der Waals surface area contributed by atoms with Crippen molar-refractivity contribution >= 4 is 29.9 Å². The van der Waals surface area contributed by atoms with E-state index in [0.717, 1.165) is 5.56 Å². The molecule has 0 aromatic heterocycles. The minimum Gasteiger partial charge on any atom is -0.381 e. The van der Waals surface area contributed by atoms with Gasteiger partial charge in [0.1, 0.15) is 0 Å². The van der Waals surface area contributed by atoms with Crippen LogP contribution in [0.5, 0.6) is 0 Å². The Balaban J connectivity index is 0.00000220. The molecule has 1 saturated heterocycles. The quantitative estimate of drug-likeness (QED) is 0.888. The molecule has 2 rings (SSSR count). The third-order valence-electron chi connectivity index (χ3n) is 3.90. The highest BCUT2D eigenvalue weighted by Gasteiger charge is 2.43. The van der Waals surface area contributed by atoms with Crippen LogP contribution in [0.4, 0.5) is 0 Å². The van der Waals surface area contributed by atoms with Gasteiger partial charge in [0.15, 0.2) is 0 Å². The molecule has 21 heavy (non-hydrogen) atoms. The molecule has 1 atom stereocenters. The number of carbonyl (C=O) groups is 1. The predicted molar refractivity (Wildman–Crippen MR) is 87.1 cm³/mol. The Morgan fingerprint density at radius 3 is 2.62 bits per heavy atom. The predicted octanol–water partition coefficient (Wildman–Crippen LogP) is 2.27. The number of nitrogens with two attached hydrogens (primary N) is 1. The summed E-state index contributed by atoms with van der Waals surface area (Å²) in [7, 11) is 0. The first kappa shape index (κ1) is 18.2. The van der Waals surface area contributed by atoms with Crippen molar-refractivity contribution in [2.45, 2.75) is 31.2 Å². The second-order valence-corrected chi connectivity index (χ2v) is 5.69. The van der Waals surface area contributed by atoms with Gasteiger partial charge >= 0.3 is 0 Å². The van der Waals surface area contributed by atoms with Crippen molar-refractivity contribution in [2.24, 2.45) is 5.73 Å². The Morgan fingerprint density at radius 2 is 2.05 bits per heavy atom. The summed E-state index contributed by atoms with van der Waals surface area (Å²) in [5.41, 5.74) is 5.87. The van der Waals surface area contributed by atoms with Crippen molar-refractivity contribution in [3.8, 4) is 0 Å². The summed E-state index contributed by atoms with van der Waals surface area (Å²) in [5.74, 6) is -0.00755. The van der Waals surface area contributed by atoms with E-state index in [1.807, 2.05) is 31.2 Å². The van der Waals surface area contributed by atoms with Crippen molar-refractivity contribution in [3.05, 3.63) is 34.9 Å². The molecule has 1 aliphatic heterocycles. The van der Waals surface area contributed by atoms with Crippen LogP contribution >= 0.6 is 24.0 Å². The van der Waals surface area contributed by atoms with Crippen LogP contribution in [-0.2, 0) is 14.9 Å². The summed E-state index contributed by atoms with van der Waals surface area (Å²) in [6, 6.07) is 7.50. The fraction of sp³-hybridized carbons (Fsp3) is 0.533. The number of amides is 1. The van der Waals surface area contributed by atoms with Crippen LogP contribution in [0.2, 0.25) is 5.02 Å². The summed E-state index contributed by atoms with van der Waals surface area (Å²) in [5, 5.41) is 3.62. The number of nitrogens with one attached hydrogen (secondary N) is 1. The fourth-order valence-corrected chi connectivity index (χ4v) is 2.93. The smallest absolute Gasteiger partial charge is 0.231 e. The standard InChI is InChI=1S/C15H21ClN2O2.ClH/c1-11(10-17)18-14(19)15(6-8-20-9-7-15)12-4-2-3-5-13(12)16;/h2-5,11H,6-10,17H2,1H3,(H,18,19);1H/t11-;/m0./s1. The normalized spacial score (nSPS) is 18.4. The largest absolute Gasteiger partial charge is 0.381 e. The summed E-state index contributed by atoms with van der Waals surface area (Å²) in [6.07, 6.45) is 1.28. The molecule has 0 radical (unpaired) electrons. The van der Waals surface area contributed by atoms with Gasteiger partial charge in [-0.1, -0.05) is 29.8 Å². The molecule has 3 N–H and O–H groups in total. The zero-order valence-electron chi connectivity index (χ0n) is 12.1. The second-order valence-electron chi connectivity index (χ2n) is 5.28. The first-order chi connectivity index (χ1) is 9.60. The highest BCUT2D eigenvalue weighted by atomic mass is 35.5. The van der Waals surface area contributed by atoms with Gasteiger partial charge in [-0.2, -0.15) is 0 Å². The maximum Gasteiger partial charge on any atom is 0.231 e. The molecule has 1 heterocycles. The Morgan fingerprint density at radius 1 is 1.43 bits per heavy atom. The summed E-state index contributed by atoms with van der Waals surface area (Å²) in [4.78, 5) is 12.8. The molecule has 0 spiro atoms. The number of hydrogen-bond donors (Lipinski definition) is 2. The molecule has 1 aromatic rings. The van der Waals surface area contributed by atoms with E-state index in [1.54, 1.807) is 0 Å². The van der Waals surface area contributed by atoms with Crippen LogP contribution in [0.25, 0.3) is 0 Å². The van der Waals surface area contributed by atoms with Crippen LogP contribution < -0.4 is 11.1 Å². The number of ether oxygens (including phenoxy) is 1. The van der Waals surface area contributed by atoms with Crippen LogP contribution in [0.15, 0.2) is 24.3 Å². The monoisotopic (exact) mass is 332 g/mol. The van der Waals surface area contributed by atoms with E-state index in [1.165, 1.54) is 0 Å². The zero-order chi connectivity index (χ0) is 14.6. The lowest BCUT2D eigenvalue weighted by molar-refractivity contribution is -0.131. The molecule has 1 aromatic carbocycles. The number of halogens is 2. The molecule has 1 aliphatic rings. The first-order valence-electron chi connectivity index (χ1n) is 6.94. The molecular weight excluding hydrogens is 311 g/mol. The van der Waals surface area contributed by atoms with Gasteiger partial charge in [-0.05, 0) is 31.4 Å². The Labute approximate surface area is 136 Å². The van der Waals surface area contributed by atoms with Crippen molar-refractivity contribution < 1.29 is 9.53 Å². The number of rotatable bonds is 4. The van der Waals surface area contributed by atoms with Gasteiger partial charge in [0.25, 0.3) is 0 Å². The minimum atomic E-state index is -0.611. The van der Waals surface area contributed by atoms with Crippen LogP contribution in [0.1, 0.15) is 25.3 Å². The maximum absolute atomic E-state index is 12.8. The van der Waals surface area contributed by atoms with Gasteiger partial charge in [-0.15, -0.1) is 12.4 Å². The van der Waals surface area contributed by atoms with E-state index in [2.05, 4.69) is 5.32 Å². The lowest BCUT2D eigenvalue weighted by atomic mass is 9.73. The number of hydrogen-bond acceptors (Lipinski definition) is 3. The molecule has 0 bridgehead atoms. The second kappa shape index (κ2) is 7.99. The minimum absolute atomic E-state index is 0. The Hall–Kier alpha value is -0.810. The summed E-state index contributed by atoms with van der Waals surface area (Å²) >= 11 is 6.32. The van der Waals surface area contributed by atoms with Gasteiger partial charge in [0, 0.05) is 30.8 Å². The highest BCUT2D eigenvalue weighted by molar-refractivity contribution is 6.31. The third kappa shape index (κ3) is 3.89. The van der Waals surface area contributed by atoms with Gasteiger partial charge < -0.3 is 15.8 Å². The molecule has 118 valence electrons. The van der Waals surface area contributed by atoms with Gasteiger partial charge in [-0.25, -0.2) is 0 Å². The van der Waals surface area contributed by atoms with Crippen molar-refractivity contribution in [2.75, 3.05) is 19.8 Å². The fourth-order valence-electron chi connectivity index (χ4n) is 2.61. The van der Waals surface area contributed by atoms with Gasteiger partial charge in [-0.3, -0.25) is 4.79 Å². The van der Waals surface area contributed by atoms with E-state index >= 15 is 0 Å². The van der Waals surface area contributed by atoms with Crippen molar-refractivity contribution in [1.29, 1.82) is 0 Å². The zero-order valence-corrected chi connectivity index (χ0v) is 13.7. The first-order valence-corrected chi connectivity index (χ1v) is 7.32. The highest BCUT2D eigenvalue weighted by Crippen LogP contribution is 2.38. The van der Waals surface area contributed by atoms with Gasteiger partial charge in [0.2, 0.25) is 5.91 Å². The molecular formula is C15H22Cl2N2O2. The molecule has 1 fully saturated rings. The van der Waals surface area contributed by atoms with Crippen LogP contribution in [0.3, 0.4) is 0 Å². The molecule has 4 nitrogen and oxygen atoms in total. The Bertz CT molecular complexity index is 476. The summed E-state index contributed by atoms with van der Waals surface area (Å²) in [6.45, 7) is 3.45. The summed E-state index contributed by atoms with van der Waals surface area (Å²) < 4.78 is 5.42. The van der Waals surface area contributed by atoms with E-state index in [4.69, 9.17) is 22.1 Å². The SMILES string of the molecule is C[C@@H](CN)NC(=O)C1(c2ccccc2Cl)CCOCC1.Cl. The van der Waals surface area contributed by atoms with E-state index in [0.29, 0.717) is 37.6 Å². The Kier molecular flexibility index (Phi) is 6.94. The van der Waals surface area contributed by atoms with Crippen molar-refractivity contribution in [3.63, 3.8) is 0 Å². The van der Waals surface area contributed by atoms with E-state index < -0.39 is 5.41 Å². The van der Waals surface area contributed by atoms with Crippen LogP contribution in [0, 0.1) is 0 Å². The third-order valence-corrected chi connectivity index (χ3v) is 4.23. The lowest BCUT2D eigenvalue weighted by Gasteiger charge is -2.37. The topological polar surface area (TPSA) is 64.3 Å². The molecule has 6 heteroatoms. The average Bonchev–Trinajstić information content (AvgIpc) is 2.48. The average molecular weight is 333 g/mol. The molecule has 0 aliphatic carbocycles. The van der Waals surface area contributed by atoms with Crippen molar-refractivity contribution in [1.82, 2.24) is 5.32 Å².